The Labute approximate surface area is 146 Å². The fourth-order valence-corrected chi connectivity index (χ4v) is 2.50. The summed E-state index contributed by atoms with van der Waals surface area (Å²) in [6.45, 7) is 4.65. The van der Waals surface area contributed by atoms with Crippen LogP contribution in [0.25, 0.3) is 0 Å². The molecule has 0 saturated carbocycles. The molecule has 1 aliphatic rings. The zero-order valence-corrected chi connectivity index (χ0v) is 14.5. The molecule has 2 amide bonds. The van der Waals surface area contributed by atoms with Crippen molar-refractivity contribution >= 4 is 17.8 Å². The molecule has 1 aromatic heterocycles. The Morgan fingerprint density at radius 2 is 2.08 bits per heavy atom. The van der Waals surface area contributed by atoms with E-state index in [4.69, 9.17) is 4.74 Å². The van der Waals surface area contributed by atoms with Gasteiger partial charge < -0.3 is 20.7 Å². The molecule has 3 N–H and O–H groups in total. The van der Waals surface area contributed by atoms with Gasteiger partial charge in [0.25, 0.3) is 0 Å². The highest BCUT2D eigenvalue weighted by molar-refractivity contribution is 5.94. The number of aromatic nitrogens is 1. The summed E-state index contributed by atoms with van der Waals surface area (Å²) in [5, 5.41) is 8.18. The minimum atomic E-state index is -0.752. The number of rotatable bonds is 7. The summed E-state index contributed by atoms with van der Waals surface area (Å²) >= 11 is 0. The maximum atomic E-state index is 12.4. The fraction of sp³-hybridized carbons (Fsp3) is 0.529. The second-order valence-electron chi connectivity index (χ2n) is 6.42. The van der Waals surface area contributed by atoms with E-state index in [1.165, 1.54) is 0 Å². The number of ketones is 1. The molecule has 0 radical (unpaired) electrons. The molecule has 8 heteroatoms. The number of amides is 2. The monoisotopic (exact) mass is 348 g/mol. The van der Waals surface area contributed by atoms with Crippen molar-refractivity contribution in [2.75, 3.05) is 13.1 Å². The third-order valence-electron chi connectivity index (χ3n) is 3.79. The zero-order valence-electron chi connectivity index (χ0n) is 14.5. The summed E-state index contributed by atoms with van der Waals surface area (Å²) in [4.78, 5) is 40.0. The lowest BCUT2D eigenvalue weighted by atomic mass is 10.0. The van der Waals surface area contributed by atoms with E-state index in [1.54, 1.807) is 24.5 Å². The van der Waals surface area contributed by atoms with Gasteiger partial charge in [-0.25, -0.2) is 4.79 Å². The summed E-state index contributed by atoms with van der Waals surface area (Å²) < 4.78 is 5.14. The van der Waals surface area contributed by atoms with Gasteiger partial charge in [0.05, 0.1) is 6.54 Å². The van der Waals surface area contributed by atoms with Crippen LogP contribution in [0.3, 0.4) is 0 Å². The minimum absolute atomic E-state index is 0.0584. The first kappa shape index (κ1) is 18.9. The summed E-state index contributed by atoms with van der Waals surface area (Å²) in [6.07, 6.45) is 3.00. The summed E-state index contributed by atoms with van der Waals surface area (Å²) in [5.41, 5.74) is 0.803. The Hall–Kier alpha value is -2.48. The lowest BCUT2D eigenvalue weighted by Crippen LogP contribution is -2.52. The number of carbonyl (C=O) groups excluding carboxylic acids is 3. The molecule has 1 saturated heterocycles. The van der Waals surface area contributed by atoms with Crippen molar-refractivity contribution in [2.24, 2.45) is 5.92 Å². The molecule has 0 aliphatic carbocycles. The quantitative estimate of drug-likeness (QED) is 0.657. The van der Waals surface area contributed by atoms with E-state index < -0.39 is 18.2 Å². The van der Waals surface area contributed by atoms with Gasteiger partial charge in [-0.05, 0) is 30.0 Å². The molecule has 2 rings (SSSR count). The van der Waals surface area contributed by atoms with Crippen molar-refractivity contribution in [1.29, 1.82) is 0 Å². The Morgan fingerprint density at radius 1 is 1.36 bits per heavy atom. The molecule has 0 spiro atoms. The summed E-state index contributed by atoms with van der Waals surface area (Å²) in [7, 11) is 0. The largest absolute Gasteiger partial charge is 0.445 e. The van der Waals surface area contributed by atoms with Gasteiger partial charge in [0.1, 0.15) is 18.7 Å². The van der Waals surface area contributed by atoms with Crippen molar-refractivity contribution in [2.45, 2.75) is 39.0 Å². The highest BCUT2D eigenvalue weighted by Gasteiger charge is 2.29. The number of pyridine rings is 1. The molecule has 0 aromatic carbocycles. The SMILES string of the molecule is CC(C)C[C@H](NC(=O)OCc1ccncc1)C(=O)NC1CNCC1=O. The van der Waals surface area contributed by atoms with Crippen LogP contribution >= 0.6 is 0 Å². The number of nitrogens with one attached hydrogen (secondary N) is 3. The van der Waals surface area contributed by atoms with Gasteiger partial charge in [0.2, 0.25) is 5.91 Å². The van der Waals surface area contributed by atoms with Crippen LogP contribution in [0.4, 0.5) is 4.79 Å². The fourth-order valence-electron chi connectivity index (χ4n) is 2.50. The molecule has 8 nitrogen and oxygen atoms in total. The summed E-state index contributed by atoms with van der Waals surface area (Å²) in [6, 6.07) is 2.18. The standard InChI is InChI=1S/C17H24N4O4/c1-11(2)7-13(16(23)20-14-8-19-9-15(14)22)21-17(24)25-10-12-3-5-18-6-4-12/h3-6,11,13-14,19H,7-10H2,1-2H3,(H,20,23)(H,21,24)/t13-,14?/m0/s1. The predicted molar refractivity (Wildman–Crippen MR) is 90.6 cm³/mol. The molecule has 2 atom stereocenters. The zero-order chi connectivity index (χ0) is 18.2. The molecule has 0 bridgehead atoms. The van der Waals surface area contributed by atoms with Crippen molar-refractivity contribution < 1.29 is 19.1 Å². The smallest absolute Gasteiger partial charge is 0.408 e. The predicted octanol–water partition coefficient (Wildman–Crippen LogP) is 0.380. The van der Waals surface area contributed by atoms with Gasteiger partial charge in [-0.2, -0.15) is 0 Å². The maximum absolute atomic E-state index is 12.4. The topological polar surface area (TPSA) is 109 Å². The molecule has 136 valence electrons. The first-order chi connectivity index (χ1) is 12.0. The van der Waals surface area contributed by atoms with Gasteiger partial charge in [0.15, 0.2) is 5.78 Å². The normalized spacial score (nSPS) is 18.0. The molecular weight excluding hydrogens is 324 g/mol. The Balaban J connectivity index is 1.88. The van der Waals surface area contributed by atoms with Crippen molar-refractivity contribution in [3.63, 3.8) is 0 Å². The van der Waals surface area contributed by atoms with Crippen LogP contribution in [-0.4, -0.2) is 47.9 Å². The third kappa shape index (κ3) is 6.15. The van der Waals surface area contributed by atoms with Gasteiger partial charge in [-0.15, -0.1) is 0 Å². The molecule has 1 unspecified atom stereocenters. The molecule has 1 fully saturated rings. The molecule has 25 heavy (non-hydrogen) atoms. The van der Waals surface area contributed by atoms with Gasteiger partial charge >= 0.3 is 6.09 Å². The number of hydrogen-bond acceptors (Lipinski definition) is 6. The first-order valence-electron chi connectivity index (χ1n) is 8.31. The average molecular weight is 348 g/mol. The molecular formula is C17H24N4O4. The Morgan fingerprint density at radius 3 is 2.68 bits per heavy atom. The number of carbonyl (C=O) groups is 3. The van der Waals surface area contributed by atoms with E-state index in [9.17, 15) is 14.4 Å². The minimum Gasteiger partial charge on any atom is -0.445 e. The lowest BCUT2D eigenvalue weighted by molar-refractivity contribution is -0.127. The molecule has 1 aliphatic heterocycles. The van der Waals surface area contributed by atoms with E-state index in [1.807, 2.05) is 13.8 Å². The van der Waals surface area contributed by atoms with E-state index in [0.717, 1.165) is 5.56 Å². The highest BCUT2D eigenvalue weighted by Crippen LogP contribution is 2.07. The highest BCUT2D eigenvalue weighted by atomic mass is 16.5. The Kier molecular flexibility index (Phi) is 6.88. The van der Waals surface area contributed by atoms with Crippen LogP contribution in [0, 0.1) is 5.92 Å². The van der Waals surface area contributed by atoms with Crippen LogP contribution in [0.5, 0.6) is 0 Å². The maximum Gasteiger partial charge on any atom is 0.408 e. The van der Waals surface area contributed by atoms with E-state index in [0.29, 0.717) is 13.0 Å². The lowest BCUT2D eigenvalue weighted by Gasteiger charge is -2.21. The van der Waals surface area contributed by atoms with E-state index in [-0.39, 0.29) is 30.8 Å². The van der Waals surface area contributed by atoms with Crippen molar-refractivity contribution in [3.05, 3.63) is 30.1 Å². The molecule has 2 heterocycles. The van der Waals surface area contributed by atoms with Gasteiger partial charge in [-0.1, -0.05) is 13.8 Å². The van der Waals surface area contributed by atoms with E-state index in [2.05, 4.69) is 20.9 Å². The second kappa shape index (κ2) is 9.12. The van der Waals surface area contributed by atoms with Gasteiger partial charge in [0, 0.05) is 18.9 Å². The van der Waals surface area contributed by atoms with Crippen LogP contribution in [-0.2, 0) is 20.9 Å². The Bertz CT molecular complexity index is 606. The van der Waals surface area contributed by atoms with Gasteiger partial charge in [-0.3, -0.25) is 14.6 Å². The number of nitrogens with zero attached hydrogens (tertiary/aromatic N) is 1. The number of hydrogen-bond donors (Lipinski definition) is 3. The average Bonchev–Trinajstić information content (AvgIpc) is 2.98. The van der Waals surface area contributed by atoms with Crippen LogP contribution in [0.1, 0.15) is 25.8 Å². The van der Waals surface area contributed by atoms with Crippen LogP contribution in [0.15, 0.2) is 24.5 Å². The summed E-state index contributed by atoms with van der Waals surface area (Å²) in [5.74, 6) is -0.248. The number of ether oxygens (including phenoxy) is 1. The van der Waals surface area contributed by atoms with Crippen molar-refractivity contribution in [3.8, 4) is 0 Å². The first-order valence-corrected chi connectivity index (χ1v) is 8.31. The van der Waals surface area contributed by atoms with E-state index >= 15 is 0 Å². The third-order valence-corrected chi connectivity index (χ3v) is 3.79. The van der Waals surface area contributed by atoms with Crippen LogP contribution < -0.4 is 16.0 Å². The second-order valence-corrected chi connectivity index (χ2v) is 6.42. The number of Topliss-reactive ketones (excluding diaryl/α,β-unsaturated/α-hetero) is 1. The molecule has 1 aromatic rings. The van der Waals surface area contributed by atoms with Crippen LogP contribution in [0.2, 0.25) is 0 Å². The van der Waals surface area contributed by atoms with Crippen molar-refractivity contribution in [1.82, 2.24) is 20.9 Å². The number of alkyl carbamates (subject to hydrolysis) is 1.